The number of aliphatic hydroxyl groups is 1. The fourth-order valence-corrected chi connectivity index (χ4v) is 2.44. The van der Waals surface area contributed by atoms with Crippen LogP contribution in [0.5, 0.6) is 0 Å². The summed E-state index contributed by atoms with van der Waals surface area (Å²) in [6.45, 7) is 8.29. The molecule has 0 spiro atoms. The first-order chi connectivity index (χ1) is 11.9. The summed E-state index contributed by atoms with van der Waals surface area (Å²) in [5.74, 6) is 0. The first-order valence-corrected chi connectivity index (χ1v) is 10.5. The quantitative estimate of drug-likeness (QED) is 0.237. The van der Waals surface area contributed by atoms with Crippen LogP contribution in [0.4, 0.5) is 0 Å². The van der Waals surface area contributed by atoms with Gasteiger partial charge in [-0.25, -0.2) is 0 Å². The molecular formula is C22H45NO. The third kappa shape index (κ3) is 26.3. The zero-order valence-corrected chi connectivity index (χ0v) is 16.9. The minimum absolute atomic E-state index is 0.252. The topological polar surface area (TPSA) is 32.3 Å². The van der Waals surface area contributed by atoms with E-state index < -0.39 is 0 Å². The maximum Gasteiger partial charge on any atom is 0.0555 e. The minimum Gasteiger partial charge on any atom is -0.395 e. The lowest BCUT2D eigenvalue weighted by atomic mass is 10.1. The summed E-state index contributed by atoms with van der Waals surface area (Å²) < 4.78 is 0. The van der Waals surface area contributed by atoms with Crippen molar-refractivity contribution in [3.63, 3.8) is 0 Å². The maximum atomic E-state index is 8.63. The first-order valence-electron chi connectivity index (χ1n) is 10.5. The molecule has 0 heterocycles. The van der Waals surface area contributed by atoms with Crippen molar-refractivity contribution >= 4 is 0 Å². The van der Waals surface area contributed by atoms with E-state index in [1.807, 2.05) is 13.8 Å². The van der Waals surface area contributed by atoms with Gasteiger partial charge >= 0.3 is 0 Å². The molecule has 0 atom stereocenters. The Labute approximate surface area is 152 Å². The second-order valence-electron chi connectivity index (χ2n) is 6.06. The van der Waals surface area contributed by atoms with E-state index in [1.165, 1.54) is 70.6 Å². The number of unbranched alkanes of at least 4 members (excludes halogenated alkanes) is 9. The molecule has 2 heteroatoms. The van der Waals surface area contributed by atoms with Crippen LogP contribution in [0.15, 0.2) is 24.3 Å². The van der Waals surface area contributed by atoms with E-state index in [0.717, 1.165) is 19.5 Å². The SMILES string of the molecule is CC.CCCCC/C=C\C/C=C\CCCCCCCCNCCO. The Morgan fingerprint density at radius 2 is 1.21 bits per heavy atom. The van der Waals surface area contributed by atoms with Gasteiger partial charge in [0.1, 0.15) is 0 Å². The number of hydrogen-bond donors (Lipinski definition) is 2. The standard InChI is InChI=1S/C20H39NO.C2H6/c1-2-3-4-5-6-7-8-9-10-11-12-13-14-15-16-17-18-21-19-20-22;1-2/h6-7,9-10,21-22H,2-5,8,11-20H2,1H3;1-2H3/b7-6-,10-9-;. The second-order valence-corrected chi connectivity index (χ2v) is 6.06. The summed E-state index contributed by atoms with van der Waals surface area (Å²) in [6.07, 6.45) is 24.9. The van der Waals surface area contributed by atoms with E-state index in [9.17, 15) is 0 Å². The molecule has 0 aromatic heterocycles. The summed E-state index contributed by atoms with van der Waals surface area (Å²) in [6, 6.07) is 0. The Hall–Kier alpha value is -0.600. The van der Waals surface area contributed by atoms with Gasteiger partial charge in [-0.15, -0.1) is 0 Å². The van der Waals surface area contributed by atoms with Crippen molar-refractivity contribution in [2.45, 2.75) is 97.8 Å². The van der Waals surface area contributed by atoms with Crippen LogP contribution in [0, 0.1) is 0 Å². The largest absolute Gasteiger partial charge is 0.395 e. The Morgan fingerprint density at radius 3 is 1.79 bits per heavy atom. The van der Waals surface area contributed by atoms with E-state index in [2.05, 4.69) is 36.5 Å². The lowest BCUT2D eigenvalue weighted by molar-refractivity contribution is 0.292. The Kier molecular flexibility index (Phi) is 29.1. The molecule has 0 aliphatic carbocycles. The molecule has 0 bridgehead atoms. The number of allylic oxidation sites excluding steroid dienone is 4. The van der Waals surface area contributed by atoms with Crippen molar-refractivity contribution in [3.05, 3.63) is 24.3 Å². The summed E-state index contributed by atoms with van der Waals surface area (Å²) in [4.78, 5) is 0. The van der Waals surface area contributed by atoms with E-state index >= 15 is 0 Å². The maximum absolute atomic E-state index is 8.63. The van der Waals surface area contributed by atoms with Gasteiger partial charge in [-0.05, 0) is 45.1 Å². The van der Waals surface area contributed by atoms with Gasteiger partial charge in [0, 0.05) is 6.54 Å². The summed E-state index contributed by atoms with van der Waals surface area (Å²) >= 11 is 0. The molecule has 0 saturated heterocycles. The lowest BCUT2D eigenvalue weighted by Crippen LogP contribution is -2.19. The zero-order valence-electron chi connectivity index (χ0n) is 16.9. The minimum atomic E-state index is 0.252. The molecule has 144 valence electrons. The van der Waals surface area contributed by atoms with Gasteiger partial charge in [0.2, 0.25) is 0 Å². The van der Waals surface area contributed by atoms with Crippen molar-refractivity contribution in [3.8, 4) is 0 Å². The van der Waals surface area contributed by atoms with Gasteiger partial charge in [0.25, 0.3) is 0 Å². The molecule has 0 aromatic rings. The Bertz CT molecular complexity index is 248. The van der Waals surface area contributed by atoms with Crippen LogP contribution < -0.4 is 5.32 Å². The summed E-state index contributed by atoms with van der Waals surface area (Å²) in [5.41, 5.74) is 0. The van der Waals surface area contributed by atoms with Crippen molar-refractivity contribution < 1.29 is 5.11 Å². The van der Waals surface area contributed by atoms with Gasteiger partial charge in [0.05, 0.1) is 6.61 Å². The van der Waals surface area contributed by atoms with Gasteiger partial charge in [-0.1, -0.05) is 83.6 Å². The molecule has 2 N–H and O–H groups in total. The van der Waals surface area contributed by atoms with Crippen LogP contribution in [-0.2, 0) is 0 Å². The highest BCUT2D eigenvalue weighted by atomic mass is 16.3. The van der Waals surface area contributed by atoms with E-state index in [1.54, 1.807) is 0 Å². The van der Waals surface area contributed by atoms with E-state index in [0.29, 0.717) is 0 Å². The highest BCUT2D eigenvalue weighted by molar-refractivity contribution is 4.92. The van der Waals surface area contributed by atoms with Crippen LogP contribution >= 0.6 is 0 Å². The molecule has 0 aromatic carbocycles. The van der Waals surface area contributed by atoms with Crippen LogP contribution in [0.25, 0.3) is 0 Å². The molecule has 0 unspecified atom stereocenters. The predicted molar refractivity (Wildman–Crippen MR) is 111 cm³/mol. The van der Waals surface area contributed by atoms with Crippen molar-refractivity contribution in [2.24, 2.45) is 0 Å². The normalized spacial score (nSPS) is 11.2. The molecule has 0 saturated carbocycles. The molecule has 0 radical (unpaired) electrons. The Morgan fingerprint density at radius 1 is 0.667 bits per heavy atom. The predicted octanol–water partition coefficient (Wildman–Crippen LogP) is 6.41. The number of rotatable bonds is 17. The van der Waals surface area contributed by atoms with Crippen molar-refractivity contribution in [1.82, 2.24) is 5.32 Å². The van der Waals surface area contributed by atoms with E-state index in [-0.39, 0.29) is 6.61 Å². The molecule has 24 heavy (non-hydrogen) atoms. The van der Waals surface area contributed by atoms with Gasteiger partial charge in [-0.2, -0.15) is 0 Å². The average molecular weight is 340 g/mol. The smallest absolute Gasteiger partial charge is 0.0555 e. The van der Waals surface area contributed by atoms with Gasteiger partial charge in [0.15, 0.2) is 0 Å². The third-order valence-corrected chi connectivity index (χ3v) is 3.84. The number of nitrogens with one attached hydrogen (secondary N) is 1. The molecule has 0 aliphatic rings. The van der Waals surface area contributed by atoms with Crippen molar-refractivity contribution in [2.75, 3.05) is 19.7 Å². The average Bonchev–Trinajstić information content (AvgIpc) is 2.62. The number of hydrogen-bond acceptors (Lipinski definition) is 2. The lowest BCUT2D eigenvalue weighted by Gasteiger charge is -2.02. The van der Waals surface area contributed by atoms with Crippen LogP contribution in [0.2, 0.25) is 0 Å². The highest BCUT2D eigenvalue weighted by Gasteiger charge is 1.91. The van der Waals surface area contributed by atoms with Gasteiger partial charge < -0.3 is 10.4 Å². The van der Waals surface area contributed by atoms with Gasteiger partial charge in [-0.3, -0.25) is 0 Å². The Balaban J connectivity index is 0. The fourth-order valence-electron chi connectivity index (χ4n) is 2.44. The third-order valence-electron chi connectivity index (χ3n) is 3.84. The molecule has 0 aliphatic heterocycles. The van der Waals surface area contributed by atoms with E-state index in [4.69, 9.17) is 5.11 Å². The molecule has 0 amide bonds. The molecule has 0 fully saturated rings. The monoisotopic (exact) mass is 339 g/mol. The first kappa shape index (κ1) is 25.6. The zero-order chi connectivity index (χ0) is 18.1. The summed E-state index contributed by atoms with van der Waals surface area (Å²) in [5, 5.41) is 11.8. The van der Waals surface area contributed by atoms with Crippen molar-refractivity contribution in [1.29, 1.82) is 0 Å². The van der Waals surface area contributed by atoms with Crippen LogP contribution in [0.3, 0.4) is 0 Å². The highest BCUT2D eigenvalue weighted by Crippen LogP contribution is 2.07. The second kappa shape index (κ2) is 27.3. The fraction of sp³-hybridized carbons (Fsp3) is 0.818. The summed E-state index contributed by atoms with van der Waals surface area (Å²) in [7, 11) is 0. The number of aliphatic hydroxyl groups excluding tert-OH is 1. The van der Waals surface area contributed by atoms with Crippen LogP contribution in [0.1, 0.15) is 97.8 Å². The molecular weight excluding hydrogens is 294 g/mol. The molecule has 0 rings (SSSR count). The molecule has 2 nitrogen and oxygen atoms in total. The van der Waals surface area contributed by atoms with Crippen LogP contribution in [-0.4, -0.2) is 24.8 Å².